The number of aryl methyl sites for hydroxylation is 1. The summed E-state index contributed by atoms with van der Waals surface area (Å²) in [6.07, 6.45) is 1.88. The zero-order valence-electron chi connectivity index (χ0n) is 10.8. The van der Waals surface area contributed by atoms with E-state index in [4.69, 9.17) is 4.74 Å². The van der Waals surface area contributed by atoms with E-state index in [1.165, 1.54) is 5.56 Å². The molecule has 1 aromatic heterocycles. The maximum Gasteiger partial charge on any atom is 0.119 e. The van der Waals surface area contributed by atoms with Crippen LogP contribution in [0.4, 0.5) is 5.69 Å². The molecule has 1 N–H and O–H groups in total. The van der Waals surface area contributed by atoms with Gasteiger partial charge in [0.25, 0.3) is 0 Å². The largest absolute Gasteiger partial charge is 0.494 e. The molecule has 0 aliphatic rings. The molecule has 2 rings (SSSR count). The Kier molecular flexibility index (Phi) is 4.18. The third kappa shape index (κ3) is 3.48. The lowest BCUT2D eigenvalue weighted by Gasteiger charge is -2.07. The third-order valence-electron chi connectivity index (χ3n) is 2.61. The van der Waals surface area contributed by atoms with Gasteiger partial charge in [-0.15, -0.1) is 0 Å². The first-order valence-electron chi connectivity index (χ1n) is 6.16. The Balaban J connectivity index is 1.91. The quantitative estimate of drug-likeness (QED) is 0.872. The van der Waals surface area contributed by atoms with E-state index < -0.39 is 0 Å². The van der Waals surface area contributed by atoms with E-state index in [0.717, 1.165) is 23.7 Å². The predicted molar refractivity (Wildman–Crippen MR) is 73.9 cm³/mol. The average molecular weight is 242 g/mol. The first-order chi connectivity index (χ1) is 8.78. The monoisotopic (exact) mass is 242 g/mol. The number of nitrogens with one attached hydrogen (secondary N) is 1. The van der Waals surface area contributed by atoms with Gasteiger partial charge in [0.05, 0.1) is 18.8 Å². The van der Waals surface area contributed by atoms with Crippen molar-refractivity contribution in [3.05, 3.63) is 53.9 Å². The molecule has 2 aromatic rings. The van der Waals surface area contributed by atoms with Crippen molar-refractivity contribution in [1.29, 1.82) is 0 Å². The molecule has 0 aliphatic heterocycles. The van der Waals surface area contributed by atoms with Crippen molar-refractivity contribution in [2.75, 3.05) is 11.9 Å². The van der Waals surface area contributed by atoms with Gasteiger partial charge in [-0.3, -0.25) is 4.98 Å². The first kappa shape index (κ1) is 12.4. The number of rotatable bonds is 5. The van der Waals surface area contributed by atoms with Gasteiger partial charge in [0.1, 0.15) is 5.75 Å². The zero-order valence-corrected chi connectivity index (χ0v) is 10.8. The molecule has 0 saturated heterocycles. The van der Waals surface area contributed by atoms with Gasteiger partial charge in [-0.1, -0.05) is 6.07 Å². The van der Waals surface area contributed by atoms with E-state index in [1.807, 2.05) is 50.4 Å². The summed E-state index contributed by atoms with van der Waals surface area (Å²) in [5, 5.41) is 3.33. The lowest BCUT2D eigenvalue weighted by atomic mass is 10.2. The number of anilines is 1. The van der Waals surface area contributed by atoms with Gasteiger partial charge >= 0.3 is 0 Å². The van der Waals surface area contributed by atoms with Gasteiger partial charge in [-0.2, -0.15) is 0 Å². The maximum atomic E-state index is 5.40. The molecule has 1 heterocycles. The Morgan fingerprint density at radius 1 is 1.11 bits per heavy atom. The Bertz CT molecular complexity index is 477. The standard InChI is InChI=1S/C15H18N2O/c1-3-18-15-8-6-13(7-9-15)17-11-14-5-4-12(2)10-16-14/h4-10,17H,3,11H2,1-2H3. The highest BCUT2D eigenvalue weighted by atomic mass is 16.5. The first-order valence-corrected chi connectivity index (χ1v) is 6.16. The van der Waals surface area contributed by atoms with E-state index >= 15 is 0 Å². The molecular formula is C15H18N2O. The smallest absolute Gasteiger partial charge is 0.119 e. The minimum atomic E-state index is 0.695. The van der Waals surface area contributed by atoms with Crippen molar-refractivity contribution in [3.8, 4) is 5.75 Å². The van der Waals surface area contributed by atoms with Crippen molar-refractivity contribution >= 4 is 5.69 Å². The van der Waals surface area contributed by atoms with Crippen LogP contribution in [-0.4, -0.2) is 11.6 Å². The molecule has 0 bridgehead atoms. The fourth-order valence-electron chi connectivity index (χ4n) is 1.63. The highest BCUT2D eigenvalue weighted by molar-refractivity contribution is 5.46. The minimum Gasteiger partial charge on any atom is -0.494 e. The number of benzene rings is 1. The molecule has 0 fully saturated rings. The predicted octanol–water partition coefficient (Wildman–Crippen LogP) is 3.40. The van der Waals surface area contributed by atoms with Gasteiger partial charge < -0.3 is 10.1 Å². The van der Waals surface area contributed by atoms with Crippen LogP contribution in [0.1, 0.15) is 18.2 Å². The fourth-order valence-corrected chi connectivity index (χ4v) is 1.63. The molecule has 3 nitrogen and oxygen atoms in total. The van der Waals surface area contributed by atoms with E-state index in [-0.39, 0.29) is 0 Å². The van der Waals surface area contributed by atoms with E-state index in [0.29, 0.717) is 6.61 Å². The van der Waals surface area contributed by atoms with Crippen LogP contribution < -0.4 is 10.1 Å². The maximum absolute atomic E-state index is 5.40. The lowest BCUT2D eigenvalue weighted by Crippen LogP contribution is -2.01. The van der Waals surface area contributed by atoms with E-state index in [9.17, 15) is 0 Å². The molecule has 1 aromatic carbocycles. The molecule has 0 unspecified atom stereocenters. The van der Waals surface area contributed by atoms with Crippen molar-refractivity contribution in [2.24, 2.45) is 0 Å². The summed E-state index contributed by atoms with van der Waals surface area (Å²) in [4.78, 5) is 4.35. The van der Waals surface area contributed by atoms with Crippen LogP contribution in [0.3, 0.4) is 0 Å². The van der Waals surface area contributed by atoms with Gasteiger partial charge in [-0.25, -0.2) is 0 Å². The zero-order chi connectivity index (χ0) is 12.8. The summed E-state index contributed by atoms with van der Waals surface area (Å²) in [7, 11) is 0. The highest BCUT2D eigenvalue weighted by Crippen LogP contribution is 2.16. The van der Waals surface area contributed by atoms with Gasteiger partial charge in [0, 0.05) is 11.9 Å². The van der Waals surface area contributed by atoms with Crippen molar-refractivity contribution in [2.45, 2.75) is 20.4 Å². The Labute approximate surface area is 108 Å². The highest BCUT2D eigenvalue weighted by Gasteiger charge is 1.96. The van der Waals surface area contributed by atoms with Crippen molar-refractivity contribution in [3.63, 3.8) is 0 Å². The van der Waals surface area contributed by atoms with E-state index in [2.05, 4.69) is 16.4 Å². The Morgan fingerprint density at radius 2 is 1.89 bits per heavy atom. The second-order valence-electron chi connectivity index (χ2n) is 4.14. The Morgan fingerprint density at radius 3 is 2.50 bits per heavy atom. The number of nitrogens with zero attached hydrogens (tertiary/aromatic N) is 1. The van der Waals surface area contributed by atoms with Gasteiger partial charge in [0.15, 0.2) is 0 Å². The van der Waals surface area contributed by atoms with Crippen LogP contribution >= 0.6 is 0 Å². The molecule has 0 aliphatic carbocycles. The molecule has 94 valence electrons. The number of hydrogen-bond donors (Lipinski definition) is 1. The van der Waals surface area contributed by atoms with Crippen LogP contribution in [0.15, 0.2) is 42.6 Å². The topological polar surface area (TPSA) is 34.1 Å². The molecule has 3 heteroatoms. The third-order valence-corrected chi connectivity index (χ3v) is 2.61. The molecule has 0 saturated carbocycles. The van der Waals surface area contributed by atoms with Gasteiger partial charge in [-0.05, 0) is 49.7 Å². The summed E-state index contributed by atoms with van der Waals surface area (Å²) >= 11 is 0. The summed E-state index contributed by atoms with van der Waals surface area (Å²) in [5.74, 6) is 0.900. The molecule has 0 spiro atoms. The number of pyridine rings is 1. The molecule has 0 atom stereocenters. The van der Waals surface area contributed by atoms with E-state index in [1.54, 1.807) is 0 Å². The normalized spacial score (nSPS) is 10.1. The second-order valence-corrected chi connectivity index (χ2v) is 4.14. The number of hydrogen-bond acceptors (Lipinski definition) is 3. The van der Waals surface area contributed by atoms with Crippen molar-refractivity contribution in [1.82, 2.24) is 4.98 Å². The molecular weight excluding hydrogens is 224 g/mol. The second kappa shape index (κ2) is 6.05. The van der Waals surface area contributed by atoms with Gasteiger partial charge in [0.2, 0.25) is 0 Å². The summed E-state index contributed by atoms with van der Waals surface area (Å²) in [5.41, 5.74) is 3.29. The summed E-state index contributed by atoms with van der Waals surface area (Å²) < 4.78 is 5.40. The lowest BCUT2D eigenvalue weighted by molar-refractivity contribution is 0.340. The van der Waals surface area contributed by atoms with Crippen LogP contribution in [0.25, 0.3) is 0 Å². The van der Waals surface area contributed by atoms with Crippen LogP contribution in [-0.2, 0) is 6.54 Å². The fraction of sp³-hybridized carbons (Fsp3) is 0.267. The Hall–Kier alpha value is -2.03. The van der Waals surface area contributed by atoms with Crippen molar-refractivity contribution < 1.29 is 4.74 Å². The molecule has 0 amide bonds. The average Bonchev–Trinajstić information content (AvgIpc) is 2.40. The number of aromatic nitrogens is 1. The SMILES string of the molecule is CCOc1ccc(NCc2ccc(C)cn2)cc1. The minimum absolute atomic E-state index is 0.695. The number of ether oxygens (including phenoxy) is 1. The van der Waals surface area contributed by atoms with Crippen LogP contribution in [0.2, 0.25) is 0 Å². The molecule has 0 radical (unpaired) electrons. The van der Waals surface area contributed by atoms with Crippen LogP contribution in [0.5, 0.6) is 5.75 Å². The molecule has 18 heavy (non-hydrogen) atoms. The summed E-state index contributed by atoms with van der Waals surface area (Å²) in [6, 6.07) is 12.1. The van der Waals surface area contributed by atoms with Crippen LogP contribution in [0, 0.1) is 6.92 Å². The summed E-state index contributed by atoms with van der Waals surface area (Å²) in [6.45, 7) is 5.44.